The van der Waals surface area contributed by atoms with Crippen molar-refractivity contribution in [3.8, 4) is 0 Å². The lowest BCUT2D eigenvalue weighted by Crippen LogP contribution is -2.64. The van der Waals surface area contributed by atoms with Crippen LogP contribution in [0, 0.1) is 0 Å². The van der Waals surface area contributed by atoms with Gasteiger partial charge < -0.3 is 35.2 Å². The Balaban J connectivity index is 2.92. The topological polar surface area (TPSA) is 166 Å². The number of hydrogen-bond acceptors (Lipinski definition) is 7. The molecule has 0 spiro atoms. The molecule has 0 saturated carbocycles. The molecule has 1 aliphatic rings. The number of carbonyl (C=O) groups excluding carboxylic acids is 1. The number of rotatable bonds is 4. The van der Waals surface area contributed by atoms with Crippen molar-refractivity contribution in [1.82, 2.24) is 5.32 Å². The van der Waals surface area contributed by atoms with Crippen LogP contribution < -0.4 is 5.32 Å². The molecule has 112 valence electrons. The normalized spacial score (nSPS) is 36.0. The maximum Gasteiger partial charge on any atom is 0.472 e. The standard InChI is InChI=1S/C8H16NO9P/c1-3(11)9-5-7(13)6(12)4(2-10)17-8(5)18-19(14,15)16/h4-8,10,12-13H,2H2,1H3,(H,9,11)(H2,14,15,16)/t4?,5-,6-,7-,8-/m1/s1. The van der Waals surface area contributed by atoms with E-state index < -0.39 is 51.0 Å². The number of nitrogens with one attached hydrogen (secondary N) is 1. The molecule has 6 N–H and O–H groups in total. The second kappa shape index (κ2) is 6.25. The Morgan fingerprint density at radius 3 is 2.37 bits per heavy atom. The van der Waals surface area contributed by atoms with Crippen LogP contribution in [-0.4, -0.2) is 68.3 Å². The van der Waals surface area contributed by atoms with E-state index in [-0.39, 0.29) is 0 Å². The van der Waals surface area contributed by atoms with Gasteiger partial charge in [-0.05, 0) is 0 Å². The van der Waals surface area contributed by atoms with Gasteiger partial charge in [-0.3, -0.25) is 9.32 Å². The molecule has 1 heterocycles. The van der Waals surface area contributed by atoms with E-state index in [2.05, 4.69) is 9.84 Å². The van der Waals surface area contributed by atoms with Crippen LogP contribution in [0.3, 0.4) is 0 Å². The number of hydrogen-bond donors (Lipinski definition) is 6. The van der Waals surface area contributed by atoms with E-state index in [1.807, 2.05) is 0 Å². The molecular formula is C8H16NO9P. The van der Waals surface area contributed by atoms with Gasteiger partial charge in [0.25, 0.3) is 0 Å². The van der Waals surface area contributed by atoms with Gasteiger partial charge in [0, 0.05) is 6.92 Å². The highest BCUT2D eigenvalue weighted by Crippen LogP contribution is 2.40. The summed E-state index contributed by atoms with van der Waals surface area (Å²) in [4.78, 5) is 28.4. The van der Waals surface area contributed by atoms with Gasteiger partial charge >= 0.3 is 7.82 Å². The van der Waals surface area contributed by atoms with Crippen molar-refractivity contribution in [3.63, 3.8) is 0 Å². The van der Waals surface area contributed by atoms with E-state index in [0.29, 0.717) is 0 Å². The number of aliphatic hydroxyl groups is 3. The monoisotopic (exact) mass is 301 g/mol. The Labute approximate surface area is 108 Å². The summed E-state index contributed by atoms with van der Waals surface area (Å²) < 4.78 is 20.0. The lowest BCUT2D eigenvalue weighted by Gasteiger charge is -2.41. The van der Waals surface area contributed by atoms with Crippen LogP contribution in [0.4, 0.5) is 0 Å². The largest absolute Gasteiger partial charge is 0.472 e. The van der Waals surface area contributed by atoms with E-state index in [1.54, 1.807) is 0 Å². The summed E-state index contributed by atoms with van der Waals surface area (Å²) in [7, 11) is -4.95. The van der Waals surface area contributed by atoms with Crippen molar-refractivity contribution < 1.29 is 43.7 Å². The van der Waals surface area contributed by atoms with E-state index >= 15 is 0 Å². The van der Waals surface area contributed by atoms with Gasteiger partial charge in [-0.25, -0.2) is 4.57 Å². The lowest BCUT2D eigenvalue weighted by atomic mass is 9.97. The van der Waals surface area contributed by atoms with Crippen molar-refractivity contribution in [2.24, 2.45) is 0 Å². The summed E-state index contributed by atoms with van der Waals surface area (Å²) in [5, 5.41) is 30.5. The minimum atomic E-state index is -4.95. The molecule has 0 radical (unpaired) electrons. The molecule has 5 atom stereocenters. The fourth-order valence-electron chi connectivity index (χ4n) is 1.70. The number of ether oxygens (including phenoxy) is 1. The summed E-state index contributed by atoms with van der Waals surface area (Å²) in [5.74, 6) is -0.624. The fourth-order valence-corrected chi connectivity index (χ4v) is 2.15. The first-order valence-electron chi connectivity index (χ1n) is 5.29. The molecule has 1 amide bonds. The van der Waals surface area contributed by atoms with Crippen LogP contribution in [0.25, 0.3) is 0 Å². The summed E-state index contributed by atoms with van der Waals surface area (Å²) >= 11 is 0. The number of amides is 1. The zero-order valence-electron chi connectivity index (χ0n) is 9.91. The average molecular weight is 301 g/mol. The van der Waals surface area contributed by atoms with Crippen LogP contribution in [0.15, 0.2) is 0 Å². The zero-order chi connectivity index (χ0) is 14.8. The molecule has 0 bridgehead atoms. The molecule has 0 aromatic rings. The molecule has 1 saturated heterocycles. The third-order valence-electron chi connectivity index (χ3n) is 2.49. The molecule has 0 aromatic carbocycles. The Morgan fingerprint density at radius 1 is 1.37 bits per heavy atom. The highest BCUT2D eigenvalue weighted by atomic mass is 31.2. The Hall–Kier alpha value is -0.580. The molecule has 0 aliphatic carbocycles. The highest BCUT2D eigenvalue weighted by molar-refractivity contribution is 7.46. The van der Waals surface area contributed by atoms with Gasteiger partial charge in [0.15, 0.2) is 6.29 Å². The summed E-state index contributed by atoms with van der Waals surface area (Å²) in [6, 6.07) is -1.39. The molecule has 19 heavy (non-hydrogen) atoms. The molecule has 0 aromatic heterocycles. The molecule has 11 heteroatoms. The summed E-state index contributed by atoms with van der Waals surface area (Å²) in [6.07, 6.45) is -6.17. The van der Waals surface area contributed by atoms with Gasteiger partial charge in [-0.2, -0.15) is 0 Å². The van der Waals surface area contributed by atoms with Gasteiger partial charge in [0.2, 0.25) is 5.91 Å². The molecule has 1 unspecified atom stereocenters. The van der Waals surface area contributed by atoms with Crippen LogP contribution in [0.5, 0.6) is 0 Å². The molecule has 1 rings (SSSR count). The van der Waals surface area contributed by atoms with E-state index in [9.17, 15) is 19.6 Å². The Bertz CT molecular complexity index is 371. The van der Waals surface area contributed by atoms with Gasteiger partial charge in [0.1, 0.15) is 24.4 Å². The van der Waals surface area contributed by atoms with E-state index in [4.69, 9.17) is 19.6 Å². The maximum absolute atomic E-state index is 11.0. The number of carbonyl (C=O) groups is 1. The lowest BCUT2D eigenvalue weighted by molar-refractivity contribution is -0.248. The minimum absolute atomic E-state index is 0.624. The Morgan fingerprint density at radius 2 is 1.95 bits per heavy atom. The third kappa shape index (κ3) is 4.48. The average Bonchev–Trinajstić information content (AvgIpc) is 2.26. The van der Waals surface area contributed by atoms with E-state index in [0.717, 1.165) is 6.92 Å². The highest BCUT2D eigenvalue weighted by Gasteiger charge is 2.47. The van der Waals surface area contributed by atoms with Crippen molar-refractivity contribution >= 4 is 13.7 Å². The number of phosphoric ester groups is 1. The first kappa shape index (κ1) is 16.5. The van der Waals surface area contributed by atoms with Crippen molar-refractivity contribution in [3.05, 3.63) is 0 Å². The first-order chi connectivity index (χ1) is 8.65. The number of phosphoric acid groups is 1. The predicted octanol–water partition coefficient (Wildman–Crippen LogP) is -2.96. The molecule has 10 nitrogen and oxygen atoms in total. The van der Waals surface area contributed by atoms with Gasteiger partial charge in [-0.1, -0.05) is 0 Å². The van der Waals surface area contributed by atoms with Crippen LogP contribution in [-0.2, 0) is 18.6 Å². The minimum Gasteiger partial charge on any atom is -0.394 e. The molecular weight excluding hydrogens is 285 g/mol. The SMILES string of the molecule is CC(=O)N[C@H]1[C@@H](OP(=O)(O)O)OC(CO)[C@@H](O)[C@@H]1O. The van der Waals surface area contributed by atoms with Crippen molar-refractivity contribution in [2.75, 3.05) is 6.61 Å². The second-order valence-corrected chi connectivity index (χ2v) is 5.22. The molecule has 1 aliphatic heterocycles. The van der Waals surface area contributed by atoms with E-state index in [1.165, 1.54) is 0 Å². The first-order valence-corrected chi connectivity index (χ1v) is 6.82. The summed E-state index contributed by atoms with van der Waals surface area (Å²) in [6.45, 7) is 0.401. The summed E-state index contributed by atoms with van der Waals surface area (Å²) in [5.41, 5.74) is 0. The molecule has 1 fully saturated rings. The third-order valence-corrected chi connectivity index (χ3v) is 2.97. The van der Waals surface area contributed by atoms with Crippen LogP contribution in [0.2, 0.25) is 0 Å². The smallest absolute Gasteiger partial charge is 0.394 e. The zero-order valence-corrected chi connectivity index (χ0v) is 10.8. The van der Waals surface area contributed by atoms with Gasteiger partial charge in [0.05, 0.1) is 6.61 Å². The maximum atomic E-state index is 11.0. The van der Waals surface area contributed by atoms with Crippen molar-refractivity contribution in [2.45, 2.75) is 37.6 Å². The quantitative estimate of drug-likeness (QED) is 0.297. The predicted molar refractivity (Wildman–Crippen MR) is 58.5 cm³/mol. The van der Waals surface area contributed by atoms with Gasteiger partial charge in [-0.15, -0.1) is 0 Å². The van der Waals surface area contributed by atoms with Crippen LogP contribution >= 0.6 is 7.82 Å². The fraction of sp³-hybridized carbons (Fsp3) is 0.875. The number of aliphatic hydroxyl groups excluding tert-OH is 3. The second-order valence-electron chi connectivity index (χ2n) is 4.03. The van der Waals surface area contributed by atoms with Crippen LogP contribution in [0.1, 0.15) is 6.92 Å². The van der Waals surface area contributed by atoms with Crippen molar-refractivity contribution in [1.29, 1.82) is 0 Å². The Kier molecular flexibility index (Phi) is 5.42.